The maximum Gasteiger partial charge on any atom is 0.179 e. The lowest BCUT2D eigenvalue weighted by Gasteiger charge is -2.35. The van der Waals surface area contributed by atoms with Crippen molar-refractivity contribution < 1.29 is 4.42 Å². The van der Waals surface area contributed by atoms with Gasteiger partial charge in [0.05, 0.1) is 16.4 Å². The van der Waals surface area contributed by atoms with Crippen LogP contribution in [0.4, 0.5) is 11.4 Å². The average Bonchev–Trinajstić information content (AvgIpc) is 4.03. The van der Waals surface area contributed by atoms with E-state index in [4.69, 9.17) is 4.42 Å². The summed E-state index contributed by atoms with van der Waals surface area (Å²) in [5, 5.41) is 10.1. The fraction of sp³-hybridized carbons (Fsp3) is 0.100. The summed E-state index contributed by atoms with van der Waals surface area (Å²) in [5.74, 6) is 0.561. The molecule has 2 aromatic heterocycles. The summed E-state index contributed by atoms with van der Waals surface area (Å²) in [4.78, 5) is 2.64. The lowest BCUT2D eigenvalue weighted by atomic mass is 9.82. The van der Waals surface area contributed by atoms with E-state index in [-0.39, 0.29) is 0 Å². The predicted molar refractivity (Wildman–Crippen MR) is 271 cm³/mol. The third-order valence-electron chi connectivity index (χ3n) is 14.6. The van der Waals surface area contributed by atoms with Crippen LogP contribution in [0.1, 0.15) is 37.2 Å². The summed E-state index contributed by atoms with van der Waals surface area (Å²) in [7, 11) is -2.89. The number of furan rings is 1. The highest BCUT2D eigenvalue weighted by atomic mass is 28.3. The van der Waals surface area contributed by atoms with E-state index in [1.54, 1.807) is 0 Å². The Hall–Kier alpha value is -7.40. The molecule has 64 heavy (non-hydrogen) atoms. The maximum absolute atomic E-state index is 6.68. The van der Waals surface area contributed by atoms with Crippen molar-refractivity contribution in [1.82, 2.24) is 4.57 Å². The quantitative estimate of drug-likeness (QED) is 0.118. The molecule has 0 radical (unpaired) electrons. The molecular weight excluding hydrogens is 793 g/mol. The van der Waals surface area contributed by atoms with Crippen LogP contribution in [-0.2, 0) is 0 Å². The number of anilines is 2. The summed E-state index contributed by atoms with van der Waals surface area (Å²) < 4.78 is 9.12. The molecule has 0 N–H and O–H groups in total. The smallest absolute Gasteiger partial charge is 0.179 e. The topological polar surface area (TPSA) is 21.3 Å². The number of para-hydroxylation sites is 3. The Morgan fingerprint density at radius 3 is 1.84 bits per heavy atom. The van der Waals surface area contributed by atoms with Crippen LogP contribution < -0.4 is 25.6 Å². The van der Waals surface area contributed by atoms with Gasteiger partial charge in [0.25, 0.3) is 0 Å². The first-order valence-corrected chi connectivity index (χ1v) is 24.9. The van der Waals surface area contributed by atoms with Crippen LogP contribution in [0, 0.1) is 0 Å². The van der Waals surface area contributed by atoms with Crippen LogP contribution in [0.3, 0.4) is 0 Å². The van der Waals surface area contributed by atoms with Crippen molar-refractivity contribution in [1.29, 1.82) is 0 Å². The highest BCUT2D eigenvalue weighted by Crippen LogP contribution is 2.52. The molecule has 1 saturated carbocycles. The van der Waals surface area contributed by atoms with E-state index in [9.17, 15) is 0 Å². The van der Waals surface area contributed by atoms with Gasteiger partial charge in [-0.2, -0.15) is 0 Å². The number of hydrogen-bond acceptors (Lipinski definition) is 2. The van der Waals surface area contributed by atoms with Gasteiger partial charge in [-0.15, -0.1) is 0 Å². The van der Waals surface area contributed by atoms with Crippen molar-refractivity contribution in [2.75, 3.05) is 4.90 Å². The third kappa shape index (κ3) is 5.58. The lowest BCUT2D eigenvalue weighted by Crippen LogP contribution is -2.74. The average molecular weight is 839 g/mol. The number of rotatable bonds is 7. The standard InChI is InChI=1S/C60H46N2OSi/c1-4-17-43(18-5-1)61-54-28-13-10-25-49(54)53-39-42(33-37-56(53)61)41-31-34-47(35-32-41)64(45-20-6-2-7-21-45,46-22-8-3-9-23-46)48-24-16-19-44(40-48)62-55-29-14-11-27-52(55)59-57(62)38-36-51-50-26-12-15-30-58(50)63-60(51)59/h1-9,11-12,14-24,26-27,29-40,49,54H,10,13,25,28H2. The van der Waals surface area contributed by atoms with Crippen LogP contribution in [0.15, 0.2) is 223 Å². The van der Waals surface area contributed by atoms with E-state index in [0.29, 0.717) is 12.0 Å². The van der Waals surface area contributed by atoms with E-state index < -0.39 is 8.07 Å². The van der Waals surface area contributed by atoms with Gasteiger partial charge in [0, 0.05) is 45.2 Å². The first-order valence-electron chi connectivity index (χ1n) is 22.9. The molecule has 13 rings (SSSR count). The molecule has 0 spiro atoms. The van der Waals surface area contributed by atoms with Gasteiger partial charge >= 0.3 is 0 Å². The summed E-state index contributed by atoms with van der Waals surface area (Å²) in [5.41, 5.74) is 12.1. The molecule has 1 aliphatic carbocycles. The number of aromatic nitrogens is 1. The van der Waals surface area contributed by atoms with Gasteiger partial charge in [-0.1, -0.05) is 171 Å². The van der Waals surface area contributed by atoms with Crippen LogP contribution in [0.25, 0.3) is 60.6 Å². The zero-order valence-electron chi connectivity index (χ0n) is 35.6. The lowest BCUT2D eigenvalue weighted by molar-refractivity contribution is 0.402. The van der Waals surface area contributed by atoms with Gasteiger partial charge in [-0.3, -0.25) is 0 Å². The molecule has 9 aromatic carbocycles. The number of fused-ring (bicyclic) bond motifs is 10. The Morgan fingerprint density at radius 1 is 0.438 bits per heavy atom. The summed E-state index contributed by atoms with van der Waals surface area (Å²) in [6.45, 7) is 0. The van der Waals surface area contributed by atoms with Crippen molar-refractivity contribution in [2.45, 2.75) is 37.6 Å². The highest BCUT2D eigenvalue weighted by Gasteiger charge is 2.43. The molecule has 3 nitrogen and oxygen atoms in total. The van der Waals surface area contributed by atoms with Gasteiger partial charge in [0.2, 0.25) is 0 Å². The monoisotopic (exact) mass is 838 g/mol. The second-order valence-corrected chi connectivity index (χ2v) is 21.6. The number of nitrogens with zero attached hydrogens (tertiary/aromatic N) is 2. The van der Waals surface area contributed by atoms with E-state index >= 15 is 0 Å². The van der Waals surface area contributed by atoms with Gasteiger partial charge in [-0.25, -0.2) is 0 Å². The van der Waals surface area contributed by atoms with E-state index in [2.05, 4.69) is 228 Å². The van der Waals surface area contributed by atoms with Crippen molar-refractivity contribution >= 4 is 83.9 Å². The number of benzene rings is 9. The molecule has 0 amide bonds. The van der Waals surface area contributed by atoms with Crippen LogP contribution in [0.2, 0.25) is 0 Å². The van der Waals surface area contributed by atoms with Crippen molar-refractivity contribution in [3.05, 3.63) is 224 Å². The Kier molecular flexibility index (Phi) is 8.63. The molecule has 306 valence electrons. The van der Waals surface area contributed by atoms with Gasteiger partial charge < -0.3 is 13.9 Å². The van der Waals surface area contributed by atoms with E-state index in [0.717, 1.165) is 38.5 Å². The fourth-order valence-electron chi connectivity index (χ4n) is 11.8. The first kappa shape index (κ1) is 37.2. The Balaban J connectivity index is 0.980. The molecule has 2 unspecified atom stereocenters. The third-order valence-corrected chi connectivity index (χ3v) is 19.3. The van der Waals surface area contributed by atoms with Gasteiger partial charge in [0.15, 0.2) is 8.07 Å². The van der Waals surface area contributed by atoms with Gasteiger partial charge in [-0.05, 0) is 111 Å². The molecule has 2 aliphatic rings. The Morgan fingerprint density at radius 2 is 1.06 bits per heavy atom. The van der Waals surface area contributed by atoms with Crippen molar-refractivity contribution in [3.8, 4) is 16.8 Å². The molecule has 0 bridgehead atoms. The summed E-state index contributed by atoms with van der Waals surface area (Å²) in [6, 6.07) is 82.2. The Labute approximate surface area is 374 Å². The Bertz CT molecular complexity index is 3480. The summed E-state index contributed by atoms with van der Waals surface area (Å²) >= 11 is 0. The maximum atomic E-state index is 6.68. The second-order valence-electron chi connectivity index (χ2n) is 17.8. The highest BCUT2D eigenvalue weighted by molar-refractivity contribution is 7.19. The van der Waals surface area contributed by atoms with Crippen molar-refractivity contribution in [3.63, 3.8) is 0 Å². The first-order chi connectivity index (χ1) is 31.8. The van der Waals surface area contributed by atoms with E-state index in [1.807, 2.05) is 0 Å². The molecule has 3 heterocycles. The van der Waals surface area contributed by atoms with Gasteiger partial charge in [0.1, 0.15) is 11.2 Å². The molecule has 0 saturated heterocycles. The summed E-state index contributed by atoms with van der Waals surface area (Å²) in [6.07, 6.45) is 5.10. The largest absolute Gasteiger partial charge is 0.455 e. The predicted octanol–water partition coefficient (Wildman–Crippen LogP) is 12.9. The SMILES string of the molecule is c1ccc(N2c3ccc(-c4ccc([Si](c5ccccc5)(c5ccccc5)c5cccc(-n6c7ccccc7c7c8oc9ccccc9c8ccc76)c5)cc4)cc3C3CCCCC32)cc1. The van der Waals surface area contributed by atoms with E-state index in [1.165, 1.54) is 85.4 Å². The molecular formula is C60H46N2OSi. The molecule has 11 aromatic rings. The van der Waals surface area contributed by atoms with Crippen LogP contribution >= 0.6 is 0 Å². The minimum Gasteiger partial charge on any atom is -0.455 e. The number of hydrogen-bond donors (Lipinski definition) is 0. The molecule has 2 atom stereocenters. The van der Waals surface area contributed by atoms with Crippen LogP contribution in [0.5, 0.6) is 0 Å². The molecule has 4 heteroatoms. The minimum atomic E-state index is -2.89. The molecule has 1 fully saturated rings. The zero-order valence-corrected chi connectivity index (χ0v) is 36.6. The fourth-order valence-corrected chi connectivity index (χ4v) is 16.6. The molecule has 1 aliphatic heterocycles. The van der Waals surface area contributed by atoms with Crippen LogP contribution in [-0.4, -0.2) is 18.7 Å². The minimum absolute atomic E-state index is 0.525. The normalized spacial score (nSPS) is 16.2. The van der Waals surface area contributed by atoms with Crippen molar-refractivity contribution in [2.24, 2.45) is 0 Å². The second kappa shape index (κ2) is 14.9. The zero-order chi connectivity index (χ0) is 42.2.